The van der Waals surface area contributed by atoms with Crippen molar-refractivity contribution in [1.82, 2.24) is 4.90 Å². The zero-order valence-corrected chi connectivity index (χ0v) is 10.6. The normalized spacial score (nSPS) is 19.6. The predicted octanol–water partition coefficient (Wildman–Crippen LogP) is 2.36. The number of hydrogen-bond donors (Lipinski definition) is 1. The average molecular weight is 211 g/mol. The maximum Gasteiger partial charge on any atom is 0.192 e. The Balaban J connectivity index is 2.69. The first-order chi connectivity index (χ1) is 6.94. The summed E-state index contributed by atoms with van der Waals surface area (Å²) < 4.78 is 0. The molecule has 0 heterocycles. The molecule has 1 aliphatic carbocycles. The summed E-state index contributed by atoms with van der Waals surface area (Å²) in [6, 6.07) is 0.626. The second-order valence-corrected chi connectivity index (χ2v) is 5.37. The van der Waals surface area contributed by atoms with Gasteiger partial charge in [-0.15, -0.1) is 0 Å². The first kappa shape index (κ1) is 12.3. The molecule has 0 aromatic heterocycles. The molecule has 1 rings (SSSR count). The molecule has 0 unspecified atom stereocenters. The standard InChI is InChI=1S/C12H25N3/c1-5-15(10-8-6-7-9-10)11(13)14-12(2,3)4/h10H,5-9H2,1-4H3,(H2,13,14). The average Bonchev–Trinajstić information content (AvgIpc) is 2.54. The van der Waals surface area contributed by atoms with Crippen molar-refractivity contribution < 1.29 is 0 Å². The van der Waals surface area contributed by atoms with Crippen LogP contribution >= 0.6 is 0 Å². The van der Waals surface area contributed by atoms with Gasteiger partial charge in [0.1, 0.15) is 0 Å². The van der Waals surface area contributed by atoms with Crippen LogP contribution in [-0.4, -0.2) is 29.0 Å². The third-order valence-corrected chi connectivity index (χ3v) is 2.85. The Morgan fingerprint density at radius 2 is 1.87 bits per heavy atom. The zero-order valence-electron chi connectivity index (χ0n) is 10.6. The largest absolute Gasteiger partial charge is 0.370 e. The van der Waals surface area contributed by atoms with E-state index in [1.54, 1.807) is 0 Å². The molecular weight excluding hydrogens is 186 g/mol. The summed E-state index contributed by atoms with van der Waals surface area (Å²) in [5.41, 5.74) is 6.00. The number of nitrogens with two attached hydrogens (primary N) is 1. The second-order valence-electron chi connectivity index (χ2n) is 5.37. The van der Waals surface area contributed by atoms with Gasteiger partial charge in [-0.3, -0.25) is 0 Å². The van der Waals surface area contributed by atoms with Crippen LogP contribution in [0.2, 0.25) is 0 Å². The fraction of sp³-hybridized carbons (Fsp3) is 0.917. The van der Waals surface area contributed by atoms with Crippen molar-refractivity contribution in [3.05, 3.63) is 0 Å². The lowest BCUT2D eigenvalue weighted by Gasteiger charge is -2.30. The maximum atomic E-state index is 6.07. The Morgan fingerprint density at radius 3 is 2.27 bits per heavy atom. The van der Waals surface area contributed by atoms with Gasteiger partial charge >= 0.3 is 0 Å². The number of guanidine groups is 1. The monoisotopic (exact) mass is 211 g/mol. The van der Waals surface area contributed by atoms with Crippen LogP contribution in [0.5, 0.6) is 0 Å². The van der Waals surface area contributed by atoms with E-state index in [-0.39, 0.29) is 5.54 Å². The molecule has 2 N–H and O–H groups in total. The summed E-state index contributed by atoms with van der Waals surface area (Å²) in [7, 11) is 0. The summed E-state index contributed by atoms with van der Waals surface area (Å²) in [5.74, 6) is 0.719. The molecule has 0 saturated heterocycles. The van der Waals surface area contributed by atoms with E-state index in [2.05, 4.69) is 37.6 Å². The van der Waals surface area contributed by atoms with E-state index in [9.17, 15) is 0 Å². The third-order valence-electron chi connectivity index (χ3n) is 2.85. The van der Waals surface area contributed by atoms with Crippen molar-refractivity contribution in [2.45, 2.75) is 65.0 Å². The molecule has 88 valence electrons. The van der Waals surface area contributed by atoms with Gasteiger partial charge in [0.2, 0.25) is 0 Å². The van der Waals surface area contributed by atoms with Crippen LogP contribution in [0.3, 0.4) is 0 Å². The molecule has 0 spiro atoms. The molecule has 0 radical (unpaired) electrons. The predicted molar refractivity (Wildman–Crippen MR) is 66.0 cm³/mol. The van der Waals surface area contributed by atoms with Gasteiger partial charge < -0.3 is 10.6 Å². The van der Waals surface area contributed by atoms with Crippen LogP contribution < -0.4 is 5.73 Å². The smallest absolute Gasteiger partial charge is 0.192 e. The highest BCUT2D eigenvalue weighted by molar-refractivity contribution is 5.78. The number of nitrogens with zero attached hydrogens (tertiary/aromatic N) is 2. The summed E-state index contributed by atoms with van der Waals surface area (Å²) in [6.45, 7) is 9.38. The minimum Gasteiger partial charge on any atom is -0.370 e. The van der Waals surface area contributed by atoms with Gasteiger partial charge in [0.15, 0.2) is 5.96 Å². The zero-order chi connectivity index (χ0) is 11.5. The Hall–Kier alpha value is -0.730. The summed E-state index contributed by atoms with van der Waals surface area (Å²) >= 11 is 0. The first-order valence-electron chi connectivity index (χ1n) is 6.06. The number of hydrogen-bond acceptors (Lipinski definition) is 1. The van der Waals surface area contributed by atoms with Crippen molar-refractivity contribution in [1.29, 1.82) is 0 Å². The lowest BCUT2D eigenvalue weighted by Crippen LogP contribution is -2.44. The molecule has 1 fully saturated rings. The molecule has 0 aromatic carbocycles. The highest BCUT2D eigenvalue weighted by Crippen LogP contribution is 2.23. The van der Waals surface area contributed by atoms with E-state index in [0.717, 1.165) is 12.5 Å². The molecule has 3 heteroatoms. The lowest BCUT2D eigenvalue weighted by molar-refractivity contribution is 0.321. The SMILES string of the molecule is CCN(C(N)=NC(C)(C)C)C1CCCC1. The van der Waals surface area contributed by atoms with E-state index >= 15 is 0 Å². The summed E-state index contributed by atoms with van der Waals surface area (Å²) in [4.78, 5) is 6.81. The van der Waals surface area contributed by atoms with Crippen LogP contribution in [0.25, 0.3) is 0 Å². The van der Waals surface area contributed by atoms with Crippen LogP contribution in [0.1, 0.15) is 53.4 Å². The van der Waals surface area contributed by atoms with Gasteiger partial charge in [-0.25, -0.2) is 4.99 Å². The molecule has 3 nitrogen and oxygen atoms in total. The second kappa shape index (κ2) is 4.86. The minimum atomic E-state index is -0.0733. The third kappa shape index (κ3) is 3.73. The summed E-state index contributed by atoms with van der Waals surface area (Å²) in [5, 5.41) is 0. The van der Waals surface area contributed by atoms with Gasteiger partial charge in [0.05, 0.1) is 5.54 Å². The van der Waals surface area contributed by atoms with Crippen LogP contribution in [0, 0.1) is 0 Å². The highest BCUT2D eigenvalue weighted by Gasteiger charge is 2.23. The first-order valence-corrected chi connectivity index (χ1v) is 6.06. The van der Waals surface area contributed by atoms with E-state index in [1.165, 1.54) is 25.7 Å². The number of aliphatic imine (C=N–C) groups is 1. The molecule has 1 aliphatic rings. The van der Waals surface area contributed by atoms with Gasteiger partial charge in [-0.1, -0.05) is 12.8 Å². The van der Waals surface area contributed by atoms with Gasteiger partial charge in [0.25, 0.3) is 0 Å². The molecule has 15 heavy (non-hydrogen) atoms. The molecule has 0 atom stereocenters. The van der Waals surface area contributed by atoms with E-state index < -0.39 is 0 Å². The fourth-order valence-corrected chi connectivity index (χ4v) is 2.23. The van der Waals surface area contributed by atoms with E-state index in [4.69, 9.17) is 5.73 Å². The summed E-state index contributed by atoms with van der Waals surface area (Å²) in [6.07, 6.45) is 5.22. The van der Waals surface area contributed by atoms with Crippen molar-refractivity contribution in [3.8, 4) is 0 Å². The Morgan fingerprint density at radius 1 is 1.33 bits per heavy atom. The van der Waals surface area contributed by atoms with Crippen LogP contribution in [0.4, 0.5) is 0 Å². The maximum absolute atomic E-state index is 6.07. The van der Waals surface area contributed by atoms with Gasteiger partial charge in [-0.2, -0.15) is 0 Å². The van der Waals surface area contributed by atoms with Crippen LogP contribution in [0.15, 0.2) is 4.99 Å². The van der Waals surface area contributed by atoms with Gasteiger partial charge in [0, 0.05) is 12.6 Å². The quantitative estimate of drug-likeness (QED) is 0.563. The van der Waals surface area contributed by atoms with Gasteiger partial charge in [-0.05, 0) is 40.5 Å². The van der Waals surface area contributed by atoms with Crippen LogP contribution in [-0.2, 0) is 0 Å². The molecule has 0 amide bonds. The number of rotatable bonds is 2. The Kier molecular flexibility index (Phi) is 4.00. The molecule has 0 bridgehead atoms. The molecule has 0 aromatic rings. The molecule has 0 aliphatic heterocycles. The Labute approximate surface area is 93.7 Å². The van der Waals surface area contributed by atoms with E-state index in [0.29, 0.717) is 6.04 Å². The van der Waals surface area contributed by atoms with Crippen molar-refractivity contribution in [2.24, 2.45) is 10.7 Å². The molecular formula is C12H25N3. The van der Waals surface area contributed by atoms with Crippen molar-refractivity contribution in [2.75, 3.05) is 6.54 Å². The molecule has 1 saturated carbocycles. The lowest BCUT2D eigenvalue weighted by atomic mass is 10.1. The minimum absolute atomic E-state index is 0.0733. The highest BCUT2D eigenvalue weighted by atomic mass is 15.3. The topological polar surface area (TPSA) is 41.6 Å². The Bertz CT molecular complexity index is 222. The van der Waals surface area contributed by atoms with Crippen molar-refractivity contribution >= 4 is 5.96 Å². The fourth-order valence-electron chi connectivity index (χ4n) is 2.23. The van der Waals surface area contributed by atoms with E-state index in [1.807, 2.05) is 0 Å². The van der Waals surface area contributed by atoms with Crippen molar-refractivity contribution in [3.63, 3.8) is 0 Å².